The summed E-state index contributed by atoms with van der Waals surface area (Å²) in [6.07, 6.45) is 2.67. The van der Waals surface area contributed by atoms with Crippen LogP contribution in [-0.4, -0.2) is 58.9 Å². The van der Waals surface area contributed by atoms with E-state index in [1.165, 1.54) is 0 Å². The number of carbonyl (C=O) groups excluding carboxylic acids is 3. The van der Waals surface area contributed by atoms with E-state index in [1.807, 2.05) is 0 Å². The standard InChI is InChI=1S/C13H20N4O3/c1-13(8-2-3-8)11(19)17(12(20)15-13)7-10(18)16-5-4-9(14)6-16/h8-9H,2-7,14H2,1H3,(H,15,20)/t9-,13?/m1/s1. The lowest BCUT2D eigenvalue weighted by Crippen LogP contribution is -2.47. The maximum atomic E-state index is 12.4. The third kappa shape index (κ3) is 2.06. The average molecular weight is 280 g/mol. The van der Waals surface area contributed by atoms with Gasteiger partial charge in [-0.1, -0.05) is 0 Å². The predicted molar refractivity (Wildman–Crippen MR) is 70.5 cm³/mol. The van der Waals surface area contributed by atoms with Crippen LogP contribution in [-0.2, 0) is 9.59 Å². The van der Waals surface area contributed by atoms with Crippen LogP contribution >= 0.6 is 0 Å². The fraction of sp³-hybridized carbons (Fsp3) is 0.769. The van der Waals surface area contributed by atoms with Gasteiger partial charge in [0.25, 0.3) is 5.91 Å². The van der Waals surface area contributed by atoms with Gasteiger partial charge in [-0.05, 0) is 32.1 Å². The number of amides is 4. The summed E-state index contributed by atoms with van der Waals surface area (Å²) in [5, 5.41) is 2.74. The summed E-state index contributed by atoms with van der Waals surface area (Å²) in [4.78, 5) is 39.1. The molecule has 0 aromatic rings. The molecule has 3 fully saturated rings. The lowest BCUT2D eigenvalue weighted by atomic mass is 9.96. The second-order valence-electron chi connectivity index (χ2n) is 6.19. The third-order valence-corrected chi connectivity index (χ3v) is 4.57. The first-order chi connectivity index (χ1) is 9.41. The molecule has 3 aliphatic rings. The molecular formula is C13H20N4O3. The zero-order valence-corrected chi connectivity index (χ0v) is 11.6. The van der Waals surface area contributed by atoms with E-state index in [9.17, 15) is 14.4 Å². The summed E-state index contributed by atoms with van der Waals surface area (Å²) in [7, 11) is 0. The van der Waals surface area contributed by atoms with E-state index < -0.39 is 11.6 Å². The van der Waals surface area contributed by atoms with Crippen molar-refractivity contribution in [3.05, 3.63) is 0 Å². The molecular weight excluding hydrogens is 260 g/mol. The molecule has 3 N–H and O–H groups in total. The molecule has 1 aliphatic carbocycles. The van der Waals surface area contributed by atoms with Gasteiger partial charge in [-0.3, -0.25) is 14.5 Å². The van der Waals surface area contributed by atoms with E-state index >= 15 is 0 Å². The van der Waals surface area contributed by atoms with Crippen molar-refractivity contribution in [2.24, 2.45) is 11.7 Å². The number of carbonyl (C=O) groups is 3. The van der Waals surface area contributed by atoms with E-state index in [0.29, 0.717) is 13.1 Å². The SMILES string of the molecule is CC1(C2CC2)NC(=O)N(CC(=O)N2CC[C@@H](N)C2)C1=O. The number of rotatable bonds is 3. The van der Waals surface area contributed by atoms with Gasteiger partial charge in [-0.25, -0.2) is 4.79 Å². The minimum atomic E-state index is -0.821. The number of likely N-dealkylation sites (tertiary alicyclic amines) is 1. The van der Waals surface area contributed by atoms with Crippen molar-refractivity contribution in [3.8, 4) is 0 Å². The van der Waals surface area contributed by atoms with Crippen LogP contribution in [0.2, 0.25) is 0 Å². The van der Waals surface area contributed by atoms with Crippen LogP contribution in [0, 0.1) is 5.92 Å². The van der Waals surface area contributed by atoms with Crippen LogP contribution in [0.1, 0.15) is 26.2 Å². The summed E-state index contributed by atoms with van der Waals surface area (Å²) >= 11 is 0. The number of nitrogens with one attached hydrogen (secondary N) is 1. The van der Waals surface area contributed by atoms with Gasteiger partial charge in [0.1, 0.15) is 12.1 Å². The molecule has 4 amide bonds. The Hall–Kier alpha value is -1.63. The Bertz CT molecular complexity index is 476. The molecule has 2 saturated heterocycles. The number of nitrogens with two attached hydrogens (primary N) is 1. The molecule has 2 heterocycles. The summed E-state index contributed by atoms with van der Waals surface area (Å²) < 4.78 is 0. The number of urea groups is 1. The van der Waals surface area contributed by atoms with Crippen LogP contribution in [0.15, 0.2) is 0 Å². The summed E-state index contributed by atoms with van der Waals surface area (Å²) in [6.45, 7) is 2.67. The fourth-order valence-corrected chi connectivity index (χ4v) is 3.05. The van der Waals surface area contributed by atoms with Gasteiger partial charge < -0.3 is 16.0 Å². The molecule has 2 aliphatic heterocycles. The van der Waals surface area contributed by atoms with Crippen molar-refractivity contribution >= 4 is 17.8 Å². The molecule has 0 spiro atoms. The van der Waals surface area contributed by atoms with Gasteiger partial charge in [0.05, 0.1) is 0 Å². The van der Waals surface area contributed by atoms with Crippen molar-refractivity contribution in [1.82, 2.24) is 15.1 Å². The molecule has 2 atom stereocenters. The lowest BCUT2D eigenvalue weighted by molar-refractivity contribution is -0.138. The van der Waals surface area contributed by atoms with Crippen LogP contribution in [0.4, 0.5) is 4.79 Å². The van der Waals surface area contributed by atoms with E-state index in [1.54, 1.807) is 11.8 Å². The van der Waals surface area contributed by atoms with E-state index in [2.05, 4.69) is 5.32 Å². The quantitative estimate of drug-likeness (QED) is 0.666. The molecule has 7 nitrogen and oxygen atoms in total. The van der Waals surface area contributed by atoms with E-state index in [4.69, 9.17) is 5.73 Å². The monoisotopic (exact) mass is 280 g/mol. The number of nitrogens with zero attached hydrogens (tertiary/aromatic N) is 2. The number of hydrogen-bond donors (Lipinski definition) is 2. The minimum absolute atomic E-state index is 0.00112. The lowest BCUT2D eigenvalue weighted by Gasteiger charge is -2.22. The summed E-state index contributed by atoms with van der Waals surface area (Å²) in [5.41, 5.74) is 4.94. The van der Waals surface area contributed by atoms with Crippen molar-refractivity contribution < 1.29 is 14.4 Å². The Labute approximate surface area is 117 Å². The molecule has 0 aromatic heterocycles. The zero-order chi connectivity index (χ0) is 14.5. The van der Waals surface area contributed by atoms with Crippen LogP contribution in [0.5, 0.6) is 0 Å². The molecule has 0 aromatic carbocycles. The Kier molecular flexibility index (Phi) is 2.97. The van der Waals surface area contributed by atoms with Crippen molar-refractivity contribution in [2.75, 3.05) is 19.6 Å². The smallest absolute Gasteiger partial charge is 0.325 e. The van der Waals surface area contributed by atoms with Gasteiger partial charge in [-0.15, -0.1) is 0 Å². The Morgan fingerprint density at radius 1 is 1.40 bits per heavy atom. The van der Waals surface area contributed by atoms with Gasteiger partial charge in [0.15, 0.2) is 0 Å². The number of imide groups is 1. The highest BCUT2D eigenvalue weighted by Crippen LogP contribution is 2.42. The van der Waals surface area contributed by atoms with Gasteiger partial charge in [0, 0.05) is 19.1 Å². The topological polar surface area (TPSA) is 95.7 Å². The number of hydrogen-bond acceptors (Lipinski definition) is 4. The first-order valence-corrected chi connectivity index (χ1v) is 7.09. The first-order valence-electron chi connectivity index (χ1n) is 7.09. The first kappa shape index (κ1) is 13.4. The predicted octanol–water partition coefficient (Wildman–Crippen LogP) is -0.733. The molecule has 0 bridgehead atoms. The van der Waals surface area contributed by atoms with Gasteiger partial charge in [-0.2, -0.15) is 0 Å². The van der Waals surface area contributed by atoms with Crippen molar-refractivity contribution in [2.45, 2.75) is 37.8 Å². The summed E-state index contributed by atoms with van der Waals surface area (Å²) in [5.74, 6) is -0.275. The van der Waals surface area contributed by atoms with E-state index in [-0.39, 0.29) is 30.3 Å². The third-order valence-electron chi connectivity index (χ3n) is 4.57. The maximum absolute atomic E-state index is 12.4. The highest BCUT2D eigenvalue weighted by molar-refractivity contribution is 6.09. The summed E-state index contributed by atoms with van der Waals surface area (Å²) in [6, 6.07) is -0.458. The zero-order valence-electron chi connectivity index (χ0n) is 11.6. The van der Waals surface area contributed by atoms with Crippen LogP contribution < -0.4 is 11.1 Å². The Balaban J connectivity index is 1.66. The average Bonchev–Trinajstić information content (AvgIpc) is 3.13. The molecule has 7 heteroatoms. The molecule has 1 unspecified atom stereocenters. The minimum Gasteiger partial charge on any atom is -0.340 e. The van der Waals surface area contributed by atoms with Crippen molar-refractivity contribution in [3.63, 3.8) is 0 Å². The van der Waals surface area contributed by atoms with Crippen LogP contribution in [0.25, 0.3) is 0 Å². The fourth-order valence-electron chi connectivity index (χ4n) is 3.05. The van der Waals surface area contributed by atoms with Gasteiger partial charge >= 0.3 is 6.03 Å². The second-order valence-corrected chi connectivity index (χ2v) is 6.19. The van der Waals surface area contributed by atoms with Crippen molar-refractivity contribution in [1.29, 1.82) is 0 Å². The molecule has 0 radical (unpaired) electrons. The second kappa shape index (κ2) is 4.44. The van der Waals surface area contributed by atoms with E-state index in [0.717, 1.165) is 24.2 Å². The van der Waals surface area contributed by atoms with Crippen LogP contribution in [0.3, 0.4) is 0 Å². The largest absolute Gasteiger partial charge is 0.340 e. The highest BCUT2D eigenvalue weighted by Gasteiger charge is 2.56. The van der Waals surface area contributed by atoms with Gasteiger partial charge in [0.2, 0.25) is 5.91 Å². The normalized spacial score (nSPS) is 33.8. The molecule has 110 valence electrons. The molecule has 3 rings (SSSR count). The Morgan fingerprint density at radius 2 is 2.10 bits per heavy atom. The maximum Gasteiger partial charge on any atom is 0.325 e. The molecule has 1 saturated carbocycles. The Morgan fingerprint density at radius 3 is 2.65 bits per heavy atom. The highest BCUT2D eigenvalue weighted by atomic mass is 16.2. The molecule has 20 heavy (non-hydrogen) atoms.